The number of nitrogens with zero attached hydrogens (tertiary/aromatic N) is 2. The van der Waals surface area contributed by atoms with Gasteiger partial charge in [-0.15, -0.1) is 0 Å². The van der Waals surface area contributed by atoms with Crippen LogP contribution in [-0.4, -0.2) is 20.6 Å². The highest BCUT2D eigenvalue weighted by atomic mass is 16.4. The van der Waals surface area contributed by atoms with Gasteiger partial charge in [-0.3, -0.25) is 0 Å². The van der Waals surface area contributed by atoms with E-state index in [-0.39, 0.29) is 0 Å². The Morgan fingerprint density at radius 3 is 2.30 bits per heavy atom. The summed E-state index contributed by atoms with van der Waals surface area (Å²) in [5.41, 5.74) is 6.79. The molecule has 0 radical (unpaired) electrons. The zero-order chi connectivity index (χ0) is 23.2. The zero-order valence-corrected chi connectivity index (χ0v) is 19.6. The zero-order valence-electron chi connectivity index (χ0n) is 19.6. The molecule has 0 aliphatic carbocycles. The molecule has 0 unspecified atom stereocenters. The van der Waals surface area contributed by atoms with E-state index in [4.69, 9.17) is 4.98 Å². The standard InChI is InChI=1S/C29H32N2O2/c1-3-5-9-21-15-18-27-26(19-21)30-28(12-6-4-2)31(27)20-22-13-16-23(17-14-22)24-10-7-8-11-25(24)29(32)33/h7-8,10-11,13-19H,3-6,9,12,20H2,1-2H3,(H,32,33). The summed E-state index contributed by atoms with van der Waals surface area (Å²) >= 11 is 0. The normalized spacial score (nSPS) is 11.2. The van der Waals surface area contributed by atoms with Crippen LogP contribution in [0.3, 0.4) is 0 Å². The van der Waals surface area contributed by atoms with Crippen molar-refractivity contribution in [1.82, 2.24) is 9.55 Å². The van der Waals surface area contributed by atoms with Crippen LogP contribution < -0.4 is 0 Å². The summed E-state index contributed by atoms with van der Waals surface area (Å²) in [6.45, 7) is 5.19. The number of benzene rings is 3. The van der Waals surface area contributed by atoms with Crippen molar-refractivity contribution in [3.8, 4) is 11.1 Å². The van der Waals surface area contributed by atoms with Gasteiger partial charge in [0.2, 0.25) is 0 Å². The number of carboxylic acid groups (broad SMARTS) is 1. The van der Waals surface area contributed by atoms with Crippen molar-refractivity contribution in [1.29, 1.82) is 0 Å². The molecule has 0 atom stereocenters. The number of fused-ring (bicyclic) bond motifs is 1. The van der Waals surface area contributed by atoms with E-state index in [2.05, 4.69) is 48.7 Å². The molecule has 0 fully saturated rings. The number of carbonyl (C=O) groups is 1. The predicted molar refractivity (Wildman–Crippen MR) is 135 cm³/mol. The SMILES string of the molecule is CCCCc1ccc2c(c1)nc(CCCC)n2Cc1ccc(-c2ccccc2C(=O)O)cc1. The van der Waals surface area contributed by atoms with Gasteiger partial charge in [0.05, 0.1) is 16.6 Å². The van der Waals surface area contributed by atoms with Crippen LogP contribution in [-0.2, 0) is 19.4 Å². The minimum absolute atomic E-state index is 0.326. The molecule has 1 heterocycles. The lowest BCUT2D eigenvalue weighted by Gasteiger charge is -2.11. The first-order valence-electron chi connectivity index (χ1n) is 12.0. The van der Waals surface area contributed by atoms with Crippen LogP contribution in [0.5, 0.6) is 0 Å². The number of hydrogen-bond acceptors (Lipinski definition) is 2. The van der Waals surface area contributed by atoms with E-state index in [1.807, 2.05) is 24.3 Å². The molecular weight excluding hydrogens is 408 g/mol. The smallest absolute Gasteiger partial charge is 0.336 e. The van der Waals surface area contributed by atoms with E-state index in [0.29, 0.717) is 5.56 Å². The molecule has 1 N–H and O–H groups in total. The number of aryl methyl sites for hydroxylation is 2. The lowest BCUT2D eigenvalue weighted by Crippen LogP contribution is -2.05. The van der Waals surface area contributed by atoms with Crippen LogP contribution in [0.15, 0.2) is 66.7 Å². The monoisotopic (exact) mass is 440 g/mol. The molecule has 0 amide bonds. The van der Waals surface area contributed by atoms with Crippen molar-refractivity contribution < 1.29 is 9.90 Å². The van der Waals surface area contributed by atoms with Crippen LogP contribution in [0, 0.1) is 0 Å². The second-order valence-corrected chi connectivity index (χ2v) is 8.69. The molecule has 0 bridgehead atoms. The average Bonchev–Trinajstić information content (AvgIpc) is 3.18. The third-order valence-corrected chi connectivity index (χ3v) is 6.23. The first kappa shape index (κ1) is 22.8. The quantitative estimate of drug-likeness (QED) is 0.285. The maximum atomic E-state index is 11.6. The number of carboxylic acids is 1. The summed E-state index contributed by atoms with van der Waals surface area (Å²) in [7, 11) is 0. The van der Waals surface area contributed by atoms with Gasteiger partial charge in [-0.25, -0.2) is 9.78 Å². The van der Waals surface area contributed by atoms with Crippen molar-refractivity contribution in [3.63, 3.8) is 0 Å². The Morgan fingerprint density at radius 2 is 1.58 bits per heavy atom. The molecule has 0 saturated carbocycles. The summed E-state index contributed by atoms with van der Waals surface area (Å²) < 4.78 is 2.34. The molecule has 4 aromatic rings. The van der Waals surface area contributed by atoms with Crippen LogP contribution in [0.4, 0.5) is 0 Å². The molecule has 1 aromatic heterocycles. The van der Waals surface area contributed by atoms with Crippen molar-refractivity contribution in [3.05, 3.63) is 89.2 Å². The number of imidazole rings is 1. The van der Waals surface area contributed by atoms with Gasteiger partial charge in [0.15, 0.2) is 0 Å². The lowest BCUT2D eigenvalue weighted by atomic mass is 9.99. The summed E-state index contributed by atoms with van der Waals surface area (Å²) in [4.78, 5) is 16.6. The maximum absolute atomic E-state index is 11.6. The number of aromatic carboxylic acids is 1. The molecular formula is C29H32N2O2. The summed E-state index contributed by atoms with van der Waals surface area (Å²) in [5.74, 6) is 0.234. The molecule has 4 nitrogen and oxygen atoms in total. The molecule has 4 heteroatoms. The second kappa shape index (κ2) is 10.5. The molecule has 0 spiro atoms. The second-order valence-electron chi connectivity index (χ2n) is 8.69. The third-order valence-electron chi connectivity index (χ3n) is 6.23. The number of aromatic nitrogens is 2. The van der Waals surface area contributed by atoms with Gasteiger partial charge in [0, 0.05) is 13.0 Å². The highest BCUT2D eigenvalue weighted by molar-refractivity contribution is 5.96. The molecule has 0 saturated heterocycles. The van der Waals surface area contributed by atoms with E-state index in [1.54, 1.807) is 12.1 Å². The van der Waals surface area contributed by atoms with Gasteiger partial charge < -0.3 is 9.67 Å². The van der Waals surface area contributed by atoms with Gasteiger partial charge in [0.25, 0.3) is 0 Å². The van der Waals surface area contributed by atoms with E-state index >= 15 is 0 Å². The molecule has 4 rings (SSSR count). The molecule has 0 aliphatic heterocycles. The van der Waals surface area contributed by atoms with E-state index in [9.17, 15) is 9.90 Å². The Morgan fingerprint density at radius 1 is 0.879 bits per heavy atom. The van der Waals surface area contributed by atoms with Gasteiger partial charge in [-0.2, -0.15) is 0 Å². The number of rotatable bonds is 10. The maximum Gasteiger partial charge on any atom is 0.336 e. The van der Waals surface area contributed by atoms with Crippen molar-refractivity contribution in [2.24, 2.45) is 0 Å². The van der Waals surface area contributed by atoms with Gasteiger partial charge in [0.1, 0.15) is 5.82 Å². The molecule has 170 valence electrons. The molecule has 0 aliphatic rings. The summed E-state index contributed by atoms with van der Waals surface area (Å²) in [6, 6.07) is 22.1. The first-order valence-corrected chi connectivity index (χ1v) is 12.0. The van der Waals surface area contributed by atoms with Crippen LogP contribution in [0.2, 0.25) is 0 Å². The topological polar surface area (TPSA) is 55.1 Å². The molecule has 3 aromatic carbocycles. The largest absolute Gasteiger partial charge is 0.478 e. The van der Waals surface area contributed by atoms with Crippen molar-refractivity contribution >= 4 is 17.0 Å². The fourth-order valence-corrected chi connectivity index (χ4v) is 4.36. The van der Waals surface area contributed by atoms with Crippen LogP contribution in [0.25, 0.3) is 22.2 Å². The van der Waals surface area contributed by atoms with Crippen molar-refractivity contribution in [2.75, 3.05) is 0 Å². The van der Waals surface area contributed by atoms with Gasteiger partial charge >= 0.3 is 5.97 Å². The minimum Gasteiger partial charge on any atom is -0.478 e. The predicted octanol–water partition coefficient (Wildman–Crippen LogP) is 7.14. The lowest BCUT2D eigenvalue weighted by molar-refractivity contribution is 0.0697. The third kappa shape index (κ3) is 5.16. The van der Waals surface area contributed by atoms with E-state index < -0.39 is 5.97 Å². The Kier molecular flexibility index (Phi) is 7.23. The van der Waals surface area contributed by atoms with Gasteiger partial charge in [-0.1, -0.05) is 75.2 Å². The highest BCUT2D eigenvalue weighted by Gasteiger charge is 2.13. The van der Waals surface area contributed by atoms with Crippen LogP contribution in [0.1, 0.15) is 66.8 Å². The van der Waals surface area contributed by atoms with Crippen molar-refractivity contribution in [2.45, 2.75) is 58.9 Å². The van der Waals surface area contributed by atoms with Gasteiger partial charge in [-0.05, 0) is 59.7 Å². The van der Waals surface area contributed by atoms with E-state index in [1.165, 1.54) is 29.5 Å². The number of unbranched alkanes of at least 4 members (excludes halogenated alkanes) is 2. The molecule has 33 heavy (non-hydrogen) atoms. The number of hydrogen-bond donors (Lipinski definition) is 1. The Bertz CT molecular complexity index is 1240. The summed E-state index contributed by atoms with van der Waals surface area (Å²) in [6.07, 6.45) is 6.73. The fraction of sp³-hybridized carbons (Fsp3) is 0.310. The Balaban J connectivity index is 1.64. The average molecular weight is 441 g/mol. The first-order chi connectivity index (χ1) is 16.1. The Hall–Kier alpha value is -3.40. The fourth-order valence-electron chi connectivity index (χ4n) is 4.36. The Labute approximate surface area is 195 Å². The van der Waals surface area contributed by atoms with E-state index in [0.717, 1.165) is 54.7 Å². The highest BCUT2D eigenvalue weighted by Crippen LogP contribution is 2.26. The minimum atomic E-state index is -0.904. The summed E-state index contributed by atoms with van der Waals surface area (Å²) in [5, 5.41) is 9.51. The van der Waals surface area contributed by atoms with Crippen LogP contribution >= 0.6 is 0 Å².